The van der Waals surface area contributed by atoms with E-state index in [1.165, 1.54) is 6.07 Å². The lowest BCUT2D eigenvalue weighted by molar-refractivity contribution is -0.149. The summed E-state index contributed by atoms with van der Waals surface area (Å²) in [6, 6.07) is 4.55. The minimum Gasteiger partial charge on any atom is -0.480 e. The Morgan fingerprint density at radius 3 is 2.75 bits per heavy atom. The average Bonchev–Trinajstić information content (AvgIpc) is 3.02. The van der Waals surface area contributed by atoms with Gasteiger partial charge in [0.15, 0.2) is 23.1 Å². The number of hydrogen-bond donors (Lipinski definition) is 2. The van der Waals surface area contributed by atoms with Crippen LogP contribution in [0.5, 0.6) is 0 Å². The van der Waals surface area contributed by atoms with Gasteiger partial charge < -0.3 is 15.2 Å². The molecule has 1 amide bonds. The second-order valence-corrected chi connectivity index (χ2v) is 6.18. The van der Waals surface area contributed by atoms with Crippen molar-refractivity contribution >= 4 is 35.0 Å². The molecule has 0 bridgehead atoms. The number of ketones is 2. The van der Waals surface area contributed by atoms with E-state index >= 15 is 0 Å². The number of carbonyl (C=O) groups is 4. The van der Waals surface area contributed by atoms with Gasteiger partial charge in [-0.05, 0) is 25.0 Å². The molecule has 7 nitrogen and oxygen atoms in total. The number of rotatable bonds is 3. The smallest absolute Gasteiger partial charge is 0.322 e. The largest absolute Gasteiger partial charge is 0.480 e. The standard InChI is InChI=1S/C16H14ClNO6/c17-8-2-3-10-9(6-8)13(21)12(15(23)18-7-11(19)20)14(22)16(10)4-1-5-24-16/h2-3,6,12H,1,4-5,7H2,(H,18,23)(H,19,20)/t12?,16-/m0/s1. The Balaban J connectivity index is 2.07. The van der Waals surface area contributed by atoms with Crippen LogP contribution in [0.15, 0.2) is 18.2 Å². The maximum atomic E-state index is 12.9. The second-order valence-electron chi connectivity index (χ2n) is 5.74. The molecule has 2 atom stereocenters. The highest BCUT2D eigenvalue weighted by Gasteiger charge is 2.56. The number of carboxylic acid groups (broad SMARTS) is 1. The summed E-state index contributed by atoms with van der Waals surface area (Å²) < 4.78 is 5.67. The molecule has 1 saturated heterocycles. The molecule has 0 radical (unpaired) electrons. The zero-order valence-electron chi connectivity index (χ0n) is 12.5. The molecular formula is C16H14ClNO6. The first-order valence-electron chi connectivity index (χ1n) is 7.39. The summed E-state index contributed by atoms with van der Waals surface area (Å²) in [7, 11) is 0. The van der Waals surface area contributed by atoms with E-state index in [0.717, 1.165) is 0 Å². The number of nitrogens with one attached hydrogen (secondary N) is 1. The van der Waals surface area contributed by atoms with Gasteiger partial charge in [-0.25, -0.2) is 0 Å². The van der Waals surface area contributed by atoms with Crippen LogP contribution in [0.4, 0.5) is 0 Å². The summed E-state index contributed by atoms with van der Waals surface area (Å²) in [5, 5.41) is 11.1. The first-order chi connectivity index (χ1) is 11.4. The van der Waals surface area contributed by atoms with Gasteiger partial charge in [-0.15, -0.1) is 0 Å². The Morgan fingerprint density at radius 2 is 2.12 bits per heavy atom. The van der Waals surface area contributed by atoms with E-state index in [0.29, 0.717) is 30.0 Å². The van der Waals surface area contributed by atoms with Crippen LogP contribution in [0, 0.1) is 5.92 Å². The third kappa shape index (κ3) is 2.50. The lowest BCUT2D eigenvalue weighted by atomic mass is 9.70. The maximum absolute atomic E-state index is 12.9. The lowest BCUT2D eigenvalue weighted by Crippen LogP contribution is -2.53. The fraction of sp³-hybridized carbons (Fsp3) is 0.375. The van der Waals surface area contributed by atoms with Gasteiger partial charge >= 0.3 is 5.97 Å². The molecule has 2 N–H and O–H groups in total. The third-order valence-corrected chi connectivity index (χ3v) is 4.54. The quantitative estimate of drug-likeness (QED) is 0.784. The van der Waals surface area contributed by atoms with E-state index in [4.69, 9.17) is 21.4 Å². The highest BCUT2D eigenvalue weighted by atomic mass is 35.5. The van der Waals surface area contributed by atoms with Crippen molar-refractivity contribution in [1.82, 2.24) is 5.32 Å². The maximum Gasteiger partial charge on any atom is 0.322 e. The van der Waals surface area contributed by atoms with E-state index < -0.39 is 41.5 Å². The Bertz CT molecular complexity index is 753. The zero-order valence-corrected chi connectivity index (χ0v) is 13.3. The normalized spacial score (nSPS) is 25.6. The van der Waals surface area contributed by atoms with Crippen molar-refractivity contribution in [3.05, 3.63) is 34.3 Å². The first-order valence-corrected chi connectivity index (χ1v) is 7.76. The second kappa shape index (κ2) is 5.99. The Hall–Kier alpha value is -2.25. The third-order valence-electron chi connectivity index (χ3n) is 4.30. The van der Waals surface area contributed by atoms with E-state index in [-0.39, 0.29) is 5.56 Å². The number of hydrogen-bond acceptors (Lipinski definition) is 5. The van der Waals surface area contributed by atoms with E-state index in [9.17, 15) is 19.2 Å². The fourth-order valence-corrected chi connectivity index (χ4v) is 3.43. The molecule has 1 fully saturated rings. The van der Waals surface area contributed by atoms with Crippen LogP contribution in [0.2, 0.25) is 5.02 Å². The van der Waals surface area contributed by atoms with Crippen molar-refractivity contribution in [2.75, 3.05) is 13.2 Å². The molecule has 24 heavy (non-hydrogen) atoms. The predicted octanol–water partition coefficient (Wildman–Crippen LogP) is 0.928. The minimum absolute atomic E-state index is 0.166. The van der Waals surface area contributed by atoms with Gasteiger partial charge in [-0.3, -0.25) is 19.2 Å². The van der Waals surface area contributed by atoms with Gasteiger partial charge in [0.25, 0.3) is 0 Å². The molecule has 8 heteroatoms. The number of carbonyl (C=O) groups excluding carboxylic acids is 3. The molecule has 2 aliphatic rings. The van der Waals surface area contributed by atoms with Crippen molar-refractivity contribution in [3.63, 3.8) is 0 Å². The Labute approximate surface area is 141 Å². The molecule has 0 aromatic heterocycles. The van der Waals surface area contributed by atoms with Crippen molar-refractivity contribution in [1.29, 1.82) is 0 Å². The molecule has 0 saturated carbocycles. The van der Waals surface area contributed by atoms with Crippen LogP contribution in [0.3, 0.4) is 0 Å². The van der Waals surface area contributed by atoms with Gasteiger partial charge in [-0.1, -0.05) is 17.7 Å². The van der Waals surface area contributed by atoms with Crippen LogP contribution in [-0.2, 0) is 24.7 Å². The van der Waals surface area contributed by atoms with E-state index in [1.54, 1.807) is 12.1 Å². The van der Waals surface area contributed by atoms with Crippen LogP contribution in [0.1, 0.15) is 28.8 Å². The van der Waals surface area contributed by atoms with Crippen LogP contribution >= 0.6 is 11.6 Å². The van der Waals surface area contributed by atoms with Gasteiger partial charge in [0.1, 0.15) is 6.54 Å². The molecule has 1 aliphatic heterocycles. The molecule has 1 heterocycles. The van der Waals surface area contributed by atoms with Gasteiger partial charge in [0.05, 0.1) is 0 Å². The lowest BCUT2D eigenvalue weighted by Gasteiger charge is -2.36. The van der Waals surface area contributed by atoms with Gasteiger partial charge in [0, 0.05) is 22.8 Å². The number of halogens is 1. The number of Topliss-reactive ketones (excluding diaryl/α,β-unsaturated/α-hetero) is 2. The van der Waals surface area contributed by atoms with E-state index in [2.05, 4.69) is 5.32 Å². The predicted molar refractivity (Wildman–Crippen MR) is 81.8 cm³/mol. The van der Waals surface area contributed by atoms with Crippen molar-refractivity contribution < 1.29 is 29.0 Å². The Morgan fingerprint density at radius 1 is 1.38 bits per heavy atom. The van der Waals surface area contributed by atoms with Crippen molar-refractivity contribution in [2.45, 2.75) is 18.4 Å². The summed E-state index contributed by atoms with van der Waals surface area (Å²) in [5.74, 6) is -5.18. The molecule has 1 spiro atoms. The highest BCUT2D eigenvalue weighted by Crippen LogP contribution is 2.45. The van der Waals surface area contributed by atoms with Crippen LogP contribution < -0.4 is 5.32 Å². The van der Waals surface area contributed by atoms with Crippen molar-refractivity contribution in [2.24, 2.45) is 5.92 Å². The number of aliphatic carboxylic acids is 1. The average molecular weight is 352 g/mol. The van der Waals surface area contributed by atoms with Crippen LogP contribution in [-0.4, -0.2) is 41.7 Å². The van der Waals surface area contributed by atoms with Gasteiger partial charge in [0.2, 0.25) is 5.91 Å². The molecular weight excluding hydrogens is 338 g/mol. The number of benzene rings is 1. The summed E-state index contributed by atoms with van der Waals surface area (Å²) in [5.41, 5.74) is -0.764. The monoisotopic (exact) mass is 351 g/mol. The zero-order chi connectivity index (χ0) is 17.5. The summed E-state index contributed by atoms with van der Waals surface area (Å²) in [4.78, 5) is 48.4. The molecule has 126 valence electrons. The minimum atomic E-state index is -1.63. The summed E-state index contributed by atoms with van der Waals surface area (Å²) >= 11 is 5.95. The number of fused-ring (bicyclic) bond motifs is 2. The fourth-order valence-electron chi connectivity index (χ4n) is 3.26. The number of ether oxygens (including phenoxy) is 1. The number of carboxylic acids is 1. The summed E-state index contributed by atoms with van der Waals surface area (Å²) in [6.07, 6.45) is 0.974. The molecule has 1 unspecified atom stereocenters. The summed E-state index contributed by atoms with van der Waals surface area (Å²) in [6.45, 7) is -0.336. The van der Waals surface area contributed by atoms with E-state index in [1.807, 2.05) is 0 Å². The first kappa shape index (κ1) is 16.6. The van der Waals surface area contributed by atoms with Gasteiger partial charge in [-0.2, -0.15) is 0 Å². The highest BCUT2D eigenvalue weighted by molar-refractivity contribution is 6.33. The van der Waals surface area contributed by atoms with Crippen molar-refractivity contribution in [3.8, 4) is 0 Å². The molecule has 1 aromatic rings. The van der Waals surface area contributed by atoms with Crippen LogP contribution in [0.25, 0.3) is 0 Å². The Kier molecular flexibility index (Phi) is 4.15. The topological polar surface area (TPSA) is 110 Å². The molecule has 3 rings (SSSR count). The SMILES string of the molecule is O=C(O)CNC(=O)C1C(=O)c2cc(Cl)ccc2[C@@]2(CCCO2)C1=O. The molecule has 1 aromatic carbocycles. The molecule has 1 aliphatic carbocycles. The number of amides is 1.